The van der Waals surface area contributed by atoms with Crippen molar-refractivity contribution in [2.45, 2.75) is 37.8 Å². The maximum absolute atomic E-state index is 12.2. The molecule has 0 saturated carbocycles. The summed E-state index contributed by atoms with van der Waals surface area (Å²) in [5.41, 5.74) is 3.65. The molecule has 0 unspecified atom stereocenters. The Labute approximate surface area is 173 Å². The predicted molar refractivity (Wildman–Crippen MR) is 114 cm³/mol. The van der Waals surface area contributed by atoms with E-state index < -0.39 is 0 Å². The average Bonchev–Trinajstić information content (AvgIpc) is 3.19. The normalized spacial score (nSPS) is 17.8. The van der Waals surface area contributed by atoms with Gasteiger partial charge in [0.15, 0.2) is 0 Å². The van der Waals surface area contributed by atoms with Gasteiger partial charge in [-0.15, -0.1) is 0 Å². The maximum atomic E-state index is 12.2. The fraction of sp³-hybridized carbons (Fsp3) is 0.458. The second kappa shape index (κ2) is 9.42. The number of likely N-dealkylation sites (tertiary alicyclic amines) is 1. The first kappa shape index (κ1) is 19.9. The Morgan fingerprint density at radius 2 is 1.79 bits per heavy atom. The highest BCUT2D eigenvalue weighted by Crippen LogP contribution is 2.28. The first-order valence-corrected chi connectivity index (χ1v) is 10.6. The van der Waals surface area contributed by atoms with Gasteiger partial charge < -0.3 is 14.8 Å². The van der Waals surface area contributed by atoms with E-state index in [-0.39, 0.29) is 12.0 Å². The van der Waals surface area contributed by atoms with E-state index in [9.17, 15) is 4.79 Å². The van der Waals surface area contributed by atoms with Gasteiger partial charge in [0.2, 0.25) is 0 Å². The van der Waals surface area contributed by atoms with E-state index in [0.717, 1.165) is 31.7 Å². The van der Waals surface area contributed by atoms with Crippen LogP contribution in [0.3, 0.4) is 0 Å². The fourth-order valence-electron chi connectivity index (χ4n) is 4.42. The quantitative estimate of drug-likeness (QED) is 0.734. The largest absolute Gasteiger partial charge is 0.490 e. The molecule has 0 spiro atoms. The summed E-state index contributed by atoms with van der Waals surface area (Å²) in [6, 6.07) is 16.9. The Morgan fingerprint density at radius 3 is 2.48 bits per heavy atom. The minimum atomic E-state index is -0.0943. The van der Waals surface area contributed by atoms with E-state index in [2.05, 4.69) is 34.5 Å². The van der Waals surface area contributed by atoms with Crippen LogP contribution in [0.4, 0.5) is 0 Å². The Kier molecular flexibility index (Phi) is 6.47. The van der Waals surface area contributed by atoms with Crippen molar-refractivity contribution in [3.05, 3.63) is 65.2 Å². The van der Waals surface area contributed by atoms with E-state index in [4.69, 9.17) is 9.47 Å². The summed E-state index contributed by atoms with van der Waals surface area (Å²) < 4.78 is 11.2. The maximum Gasteiger partial charge on any atom is 0.251 e. The molecule has 0 bridgehead atoms. The van der Waals surface area contributed by atoms with Crippen molar-refractivity contribution in [3.63, 3.8) is 0 Å². The van der Waals surface area contributed by atoms with Gasteiger partial charge in [0.25, 0.3) is 5.91 Å². The number of benzene rings is 2. The summed E-state index contributed by atoms with van der Waals surface area (Å²) in [6.07, 6.45) is 4.60. The molecule has 4 rings (SSSR count). The van der Waals surface area contributed by atoms with Gasteiger partial charge in [-0.25, -0.2) is 0 Å². The molecular formula is C24H30N2O3. The van der Waals surface area contributed by atoms with Crippen molar-refractivity contribution in [2.75, 3.05) is 33.4 Å². The molecule has 0 atom stereocenters. The van der Waals surface area contributed by atoms with Crippen molar-refractivity contribution >= 4 is 5.91 Å². The zero-order valence-corrected chi connectivity index (χ0v) is 17.1. The van der Waals surface area contributed by atoms with Gasteiger partial charge in [-0.2, -0.15) is 0 Å². The number of nitrogens with zero attached hydrogens (tertiary/aromatic N) is 1. The third kappa shape index (κ3) is 4.98. The average molecular weight is 395 g/mol. The van der Waals surface area contributed by atoms with Gasteiger partial charge in [-0.1, -0.05) is 30.3 Å². The lowest BCUT2D eigenvalue weighted by molar-refractivity contribution is 0.0774. The van der Waals surface area contributed by atoms with Crippen LogP contribution >= 0.6 is 0 Å². The zero-order valence-electron chi connectivity index (χ0n) is 17.1. The van der Waals surface area contributed by atoms with Crippen molar-refractivity contribution in [2.24, 2.45) is 0 Å². The second-order valence-electron chi connectivity index (χ2n) is 7.96. The van der Waals surface area contributed by atoms with Crippen molar-refractivity contribution < 1.29 is 14.3 Å². The lowest BCUT2D eigenvalue weighted by atomic mass is 10.0. The van der Waals surface area contributed by atoms with Crippen molar-refractivity contribution in [1.82, 2.24) is 10.2 Å². The molecular weight excluding hydrogens is 364 g/mol. The van der Waals surface area contributed by atoms with Crippen LogP contribution in [0.5, 0.6) is 5.75 Å². The molecule has 1 saturated heterocycles. The SMILES string of the molecule is COCCNC(=O)c1cccc(OC2CCN(C3Cc4ccccc4C3)CC2)c1. The monoisotopic (exact) mass is 394 g/mol. The number of piperidine rings is 1. The first-order chi connectivity index (χ1) is 14.2. The van der Waals surface area contributed by atoms with Crippen molar-refractivity contribution in [1.29, 1.82) is 0 Å². The molecule has 1 amide bonds. The minimum Gasteiger partial charge on any atom is -0.490 e. The fourth-order valence-corrected chi connectivity index (χ4v) is 4.42. The first-order valence-electron chi connectivity index (χ1n) is 10.6. The van der Waals surface area contributed by atoms with Crippen LogP contribution < -0.4 is 10.1 Å². The molecule has 2 aromatic rings. The molecule has 154 valence electrons. The van der Waals surface area contributed by atoms with Crippen LogP contribution in [0.25, 0.3) is 0 Å². The van der Waals surface area contributed by atoms with Crippen LogP contribution in [-0.2, 0) is 17.6 Å². The number of fused-ring (bicyclic) bond motifs is 1. The minimum absolute atomic E-state index is 0.0943. The predicted octanol–water partition coefficient (Wildman–Crippen LogP) is 3.07. The zero-order chi connectivity index (χ0) is 20.1. The molecule has 1 fully saturated rings. The smallest absolute Gasteiger partial charge is 0.251 e. The van der Waals surface area contributed by atoms with Gasteiger partial charge >= 0.3 is 0 Å². The van der Waals surface area contributed by atoms with E-state index in [0.29, 0.717) is 24.8 Å². The van der Waals surface area contributed by atoms with Gasteiger partial charge in [-0.3, -0.25) is 9.69 Å². The molecule has 2 aliphatic rings. The second-order valence-corrected chi connectivity index (χ2v) is 7.96. The molecule has 1 aliphatic heterocycles. The van der Waals surface area contributed by atoms with Gasteiger partial charge in [0.1, 0.15) is 11.9 Å². The molecule has 1 N–H and O–H groups in total. The van der Waals surface area contributed by atoms with E-state index in [1.807, 2.05) is 24.3 Å². The highest BCUT2D eigenvalue weighted by Gasteiger charge is 2.30. The van der Waals surface area contributed by atoms with Gasteiger partial charge in [0.05, 0.1) is 6.61 Å². The molecule has 5 nitrogen and oxygen atoms in total. The molecule has 29 heavy (non-hydrogen) atoms. The number of rotatable bonds is 7. The standard InChI is InChI=1S/C24H30N2O3/c1-28-14-11-25-24(27)20-7-4-8-23(17-20)29-22-9-12-26(13-10-22)21-15-18-5-2-3-6-19(18)16-21/h2-8,17,21-22H,9-16H2,1H3,(H,25,27). The Morgan fingerprint density at radius 1 is 1.07 bits per heavy atom. The molecule has 5 heteroatoms. The highest BCUT2D eigenvalue weighted by atomic mass is 16.5. The highest BCUT2D eigenvalue weighted by molar-refractivity contribution is 5.94. The Bertz CT molecular complexity index is 805. The summed E-state index contributed by atoms with van der Waals surface area (Å²) in [4.78, 5) is 14.8. The number of hydrogen-bond donors (Lipinski definition) is 1. The summed E-state index contributed by atoms with van der Waals surface area (Å²) >= 11 is 0. The summed E-state index contributed by atoms with van der Waals surface area (Å²) in [7, 11) is 1.62. The van der Waals surface area contributed by atoms with E-state index >= 15 is 0 Å². The third-order valence-corrected chi connectivity index (χ3v) is 6.01. The number of carbonyl (C=O) groups excluding carboxylic acids is 1. The molecule has 0 aromatic heterocycles. The van der Waals surface area contributed by atoms with Crippen LogP contribution in [0.1, 0.15) is 34.3 Å². The number of hydrogen-bond acceptors (Lipinski definition) is 4. The lowest BCUT2D eigenvalue weighted by Gasteiger charge is -2.36. The summed E-state index contributed by atoms with van der Waals surface area (Å²) in [5.74, 6) is 0.680. The van der Waals surface area contributed by atoms with E-state index in [1.165, 1.54) is 24.0 Å². The lowest BCUT2D eigenvalue weighted by Crippen LogP contribution is -2.44. The third-order valence-electron chi connectivity index (χ3n) is 6.01. The molecule has 1 aliphatic carbocycles. The number of carbonyl (C=O) groups is 1. The Hall–Kier alpha value is -2.37. The van der Waals surface area contributed by atoms with Gasteiger partial charge in [0, 0.05) is 38.3 Å². The van der Waals surface area contributed by atoms with Crippen LogP contribution in [-0.4, -0.2) is 56.3 Å². The number of amides is 1. The van der Waals surface area contributed by atoms with E-state index in [1.54, 1.807) is 7.11 Å². The molecule has 2 aromatic carbocycles. The summed E-state index contributed by atoms with van der Waals surface area (Å²) in [6.45, 7) is 3.15. The topological polar surface area (TPSA) is 50.8 Å². The van der Waals surface area contributed by atoms with Crippen LogP contribution in [0.2, 0.25) is 0 Å². The van der Waals surface area contributed by atoms with Gasteiger partial charge in [-0.05, 0) is 55.0 Å². The number of nitrogens with one attached hydrogen (secondary N) is 1. The Balaban J connectivity index is 1.27. The van der Waals surface area contributed by atoms with Crippen LogP contribution in [0.15, 0.2) is 48.5 Å². The molecule has 1 heterocycles. The number of ether oxygens (including phenoxy) is 2. The number of methoxy groups -OCH3 is 1. The van der Waals surface area contributed by atoms with Crippen molar-refractivity contribution in [3.8, 4) is 5.75 Å². The summed E-state index contributed by atoms with van der Waals surface area (Å²) in [5, 5.41) is 2.85. The van der Waals surface area contributed by atoms with Crippen LogP contribution in [0, 0.1) is 0 Å². The molecule has 0 radical (unpaired) electrons.